The average Bonchev–Trinajstić information content (AvgIpc) is 2.36. The zero-order valence-corrected chi connectivity index (χ0v) is 12.7. The van der Waals surface area contributed by atoms with E-state index in [0.717, 1.165) is 16.9 Å². The lowest BCUT2D eigenvalue weighted by molar-refractivity contribution is -0.141. The van der Waals surface area contributed by atoms with E-state index in [2.05, 4.69) is 24.7 Å². The fourth-order valence-electron chi connectivity index (χ4n) is 2.25. The lowest BCUT2D eigenvalue weighted by Crippen LogP contribution is -2.26. The highest BCUT2D eigenvalue weighted by Gasteiger charge is 2.13. The zero-order chi connectivity index (χ0) is 14.6. The van der Waals surface area contributed by atoms with Crippen LogP contribution in [0.1, 0.15) is 22.3 Å². The summed E-state index contributed by atoms with van der Waals surface area (Å²) in [5, 5.41) is 0. The molecule has 0 atom stereocenters. The summed E-state index contributed by atoms with van der Waals surface area (Å²) in [5.41, 5.74) is 4.69. The molecule has 0 heterocycles. The highest BCUT2D eigenvalue weighted by atomic mass is 16.5. The number of esters is 1. The first-order valence-electron chi connectivity index (χ1n) is 6.29. The maximum atomic E-state index is 11.2. The second kappa shape index (κ2) is 6.57. The van der Waals surface area contributed by atoms with Crippen LogP contribution in [-0.4, -0.2) is 38.7 Å². The number of hydrogen-bond acceptors (Lipinski definition) is 4. The second-order valence-electron chi connectivity index (χ2n) is 4.88. The fourth-order valence-corrected chi connectivity index (χ4v) is 2.25. The molecule has 1 rings (SSSR count). The van der Waals surface area contributed by atoms with Crippen LogP contribution in [0.2, 0.25) is 0 Å². The highest BCUT2D eigenvalue weighted by Crippen LogP contribution is 2.28. The molecule has 0 bridgehead atoms. The van der Waals surface area contributed by atoms with Crippen molar-refractivity contribution >= 4 is 5.97 Å². The smallest absolute Gasteiger partial charge is 0.319 e. The van der Waals surface area contributed by atoms with Crippen molar-refractivity contribution in [2.75, 3.05) is 27.8 Å². The molecule has 0 N–H and O–H groups in total. The van der Waals surface area contributed by atoms with Gasteiger partial charge in [-0.2, -0.15) is 0 Å². The van der Waals surface area contributed by atoms with Crippen LogP contribution in [0.15, 0.2) is 6.07 Å². The molecule has 4 nitrogen and oxygen atoms in total. The van der Waals surface area contributed by atoms with Crippen LogP contribution in [0.25, 0.3) is 0 Å². The lowest BCUT2D eigenvalue weighted by Gasteiger charge is -2.20. The summed E-state index contributed by atoms with van der Waals surface area (Å²) in [6.45, 7) is 7.19. The Labute approximate surface area is 115 Å². The Balaban J connectivity index is 2.93. The largest absolute Gasteiger partial charge is 0.496 e. The Morgan fingerprint density at radius 2 is 1.84 bits per heavy atom. The maximum Gasteiger partial charge on any atom is 0.319 e. The molecule has 4 heteroatoms. The van der Waals surface area contributed by atoms with E-state index in [0.29, 0.717) is 13.1 Å². The van der Waals surface area contributed by atoms with Gasteiger partial charge in [0.1, 0.15) is 5.75 Å². The number of ether oxygens (including phenoxy) is 2. The predicted octanol–water partition coefficient (Wildman–Crippen LogP) is 2.23. The number of likely N-dealkylation sites (N-methyl/N-ethyl adjacent to an activating group) is 1. The maximum absolute atomic E-state index is 11.2. The topological polar surface area (TPSA) is 38.8 Å². The van der Waals surface area contributed by atoms with Crippen LogP contribution < -0.4 is 4.74 Å². The van der Waals surface area contributed by atoms with E-state index in [1.165, 1.54) is 18.2 Å². The lowest BCUT2D eigenvalue weighted by atomic mass is 9.98. The van der Waals surface area contributed by atoms with Crippen LogP contribution in [0.3, 0.4) is 0 Å². The summed E-state index contributed by atoms with van der Waals surface area (Å²) in [7, 11) is 5.01. The quantitative estimate of drug-likeness (QED) is 0.765. The number of methoxy groups -OCH3 is 2. The third-order valence-corrected chi connectivity index (χ3v) is 3.40. The second-order valence-corrected chi connectivity index (χ2v) is 4.88. The summed E-state index contributed by atoms with van der Waals surface area (Å²) >= 11 is 0. The van der Waals surface area contributed by atoms with Gasteiger partial charge in [0.15, 0.2) is 0 Å². The van der Waals surface area contributed by atoms with E-state index >= 15 is 0 Å². The molecule has 0 aliphatic heterocycles. The van der Waals surface area contributed by atoms with Crippen molar-refractivity contribution < 1.29 is 14.3 Å². The van der Waals surface area contributed by atoms with Crippen molar-refractivity contribution in [3.63, 3.8) is 0 Å². The zero-order valence-electron chi connectivity index (χ0n) is 12.7. The molecule has 1 aromatic carbocycles. The van der Waals surface area contributed by atoms with Crippen molar-refractivity contribution in [2.45, 2.75) is 27.3 Å². The van der Waals surface area contributed by atoms with Gasteiger partial charge in [0.25, 0.3) is 0 Å². The van der Waals surface area contributed by atoms with E-state index in [9.17, 15) is 4.79 Å². The van der Waals surface area contributed by atoms with Crippen molar-refractivity contribution in [1.29, 1.82) is 0 Å². The molecule has 0 amide bonds. The molecular weight excluding hydrogens is 242 g/mol. The van der Waals surface area contributed by atoms with Gasteiger partial charge < -0.3 is 9.47 Å². The van der Waals surface area contributed by atoms with E-state index in [1.54, 1.807) is 7.11 Å². The molecule has 19 heavy (non-hydrogen) atoms. The van der Waals surface area contributed by atoms with Crippen LogP contribution >= 0.6 is 0 Å². The average molecular weight is 265 g/mol. The summed E-state index contributed by atoms with van der Waals surface area (Å²) in [5.74, 6) is 0.721. The third-order valence-electron chi connectivity index (χ3n) is 3.40. The SMILES string of the molecule is COC(=O)CN(C)Cc1cc(C)c(OC)c(C)c1C. The van der Waals surface area contributed by atoms with E-state index < -0.39 is 0 Å². The van der Waals surface area contributed by atoms with Gasteiger partial charge in [0, 0.05) is 6.54 Å². The van der Waals surface area contributed by atoms with E-state index in [1.807, 2.05) is 18.9 Å². The predicted molar refractivity (Wildman–Crippen MR) is 75.6 cm³/mol. The van der Waals surface area contributed by atoms with Crippen LogP contribution in [0.4, 0.5) is 0 Å². The van der Waals surface area contributed by atoms with Gasteiger partial charge in [-0.25, -0.2) is 0 Å². The first-order chi connectivity index (χ1) is 8.90. The summed E-state index contributed by atoms with van der Waals surface area (Å²) in [6.07, 6.45) is 0. The van der Waals surface area contributed by atoms with Crippen molar-refractivity contribution in [3.8, 4) is 5.75 Å². The molecule has 0 aliphatic rings. The number of aryl methyl sites for hydroxylation is 1. The highest BCUT2D eigenvalue weighted by molar-refractivity contribution is 5.71. The first kappa shape index (κ1) is 15.5. The van der Waals surface area contributed by atoms with Crippen molar-refractivity contribution in [1.82, 2.24) is 4.90 Å². The molecule has 0 saturated carbocycles. The minimum Gasteiger partial charge on any atom is -0.496 e. The summed E-state index contributed by atoms with van der Waals surface area (Å²) in [4.78, 5) is 13.2. The molecule has 0 unspecified atom stereocenters. The Bertz CT molecular complexity index is 469. The van der Waals surface area contributed by atoms with Crippen molar-refractivity contribution in [2.24, 2.45) is 0 Å². The number of carbonyl (C=O) groups excluding carboxylic acids is 1. The number of rotatable bonds is 5. The number of nitrogens with zero attached hydrogens (tertiary/aromatic N) is 1. The first-order valence-corrected chi connectivity index (χ1v) is 6.29. The Morgan fingerprint density at radius 3 is 2.37 bits per heavy atom. The number of carbonyl (C=O) groups is 1. The van der Waals surface area contributed by atoms with Crippen LogP contribution in [-0.2, 0) is 16.1 Å². The van der Waals surface area contributed by atoms with Gasteiger partial charge in [-0.3, -0.25) is 9.69 Å². The molecular formula is C15H23NO3. The van der Waals surface area contributed by atoms with Crippen LogP contribution in [0.5, 0.6) is 5.75 Å². The fraction of sp³-hybridized carbons (Fsp3) is 0.533. The van der Waals surface area contributed by atoms with Gasteiger partial charge in [-0.15, -0.1) is 0 Å². The monoisotopic (exact) mass is 265 g/mol. The molecule has 0 fully saturated rings. The molecule has 0 spiro atoms. The number of benzene rings is 1. The molecule has 0 aliphatic carbocycles. The third kappa shape index (κ3) is 3.70. The Kier molecular flexibility index (Phi) is 5.36. The Hall–Kier alpha value is -1.55. The van der Waals surface area contributed by atoms with Crippen LogP contribution in [0, 0.1) is 20.8 Å². The standard InChI is InChI=1S/C15H23NO3/c1-10-7-13(8-16(4)9-14(17)18-5)11(2)12(3)15(10)19-6/h7H,8-9H2,1-6H3. The number of hydrogen-bond donors (Lipinski definition) is 0. The van der Waals surface area contributed by atoms with Crippen molar-refractivity contribution in [3.05, 3.63) is 28.3 Å². The molecule has 106 valence electrons. The molecule has 0 aromatic heterocycles. The van der Waals surface area contributed by atoms with Gasteiger partial charge >= 0.3 is 5.97 Å². The van der Waals surface area contributed by atoms with Gasteiger partial charge in [0.2, 0.25) is 0 Å². The van der Waals surface area contributed by atoms with E-state index in [-0.39, 0.29) is 5.97 Å². The Morgan fingerprint density at radius 1 is 1.21 bits per heavy atom. The molecule has 0 saturated heterocycles. The molecule has 1 aromatic rings. The van der Waals surface area contributed by atoms with Gasteiger partial charge in [-0.05, 0) is 50.1 Å². The van der Waals surface area contributed by atoms with Gasteiger partial charge in [-0.1, -0.05) is 6.07 Å². The van der Waals surface area contributed by atoms with E-state index in [4.69, 9.17) is 4.74 Å². The minimum absolute atomic E-state index is 0.220. The minimum atomic E-state index is -0.220. The summed E-state index contributed by atoms with van der Waals surface area (Å²) < 4.78 is 10.1. The van der Waals surface area contributed by atoms with Gasteiger partial charge in [0.05, 0.1) is 20.8 Å². The summed E-state index contributed by atoms with van der Waals surface area (Å²) in [6, 6.07) is 2.12. The normalized spacial score (nSPS) is 10.7. The molecule has 0 radical (unpaired) electrons.